The van der Waals surface area contributed by atoms with Gasteiger partial charge in [-0.15, -0.1) is 11.3 Å². The van der Waals surface area contributed by atoms with Gasteiger partial charge in [0.25, 0.3) is 0 Å². The van der Waals surface area contributed by atoms with Crippen LogP contribution in [0, 0.1) is 12.7 Å². The molecule has 0 fully saturated rings. The van der Waals surface area contributed by atoms with E-state index in [9.17, 15) is 4.39 Å². The Balaban J connectivity index is 2.06. The van der Waals surface area contributed by atoms with Crippen LogP contribution in [0.5, 0.6) is 0 Å². The summed E-state index contributed by atoms with van der Waals surface area (Å²) in [6, 6.07) is 6.92. The fraction of sp³-hybridized carbons (Fsp3) is 0.400. The summed E-state index contributed by atoms with van der Waals surface area (Å²) in [5.74, 6) is 0.176. The van der Waals surface area contributed by atoms with Crippen molar-refractivity contribution in [2.24, 2.45) is 0 Å². The maximum absolute atomic E-state index is 13.3. The summed E-state index contributed by atoms with van der Waals surface area (Å²) in [7, 11) is 1.93. The minimum Gasteiger partial charge on any atom is -0.319 e. The number of aryl methyl sites for hydroxylation is 2. The van der Waals surface area contributed by atoms with E-state index in [1.165, 1.54) is 10.9 Å². The van der Waals surface area contributed by atoms with Crippen LogP contribution in [0.2, 0.25) is 0 Å². The van der Waals surface area contributed by atoms with Gasteiger partial charge in [-0.1, -0.05) is 12.1 Å². The first-order valence-electron chi connectivity index (χ1n) is 6.49. The molecule has 19 heavy (non-hydrogen) atoms. The number of nitrogens with one attached hydrogen (secondary N) is 1. The zero-order valence-electron chi connectivity index (χ0n) is 11.3. The largest absolute Gasteiger partial charge is 0.319 e. The van der Waals surface area contributed by atoms with Gasteiger partial charge in [0.15, 0.2) is 0 Å². The molecule has 1 aromatic heterocycles. The van der Waals surface area contributed by atoms with E-state index >= 15 is 0 Å². The Labute approximate surface area is 117 Å². The number of nitrogens with zero attached hydrogens (tertiary/aromatic N) is 1. The van der Waals surface area contributed by atoms with Crippen molar-refractivity contribution in [2.45, 2.75) is 25.7 Å². The maximum atomic E-state index is 13.3. The average Bonchev–Trinajstić information content (AvgIpc) is 2.80. The van der Waals surface area contributed by atoms with Crippen LogP contribution >= 0.6 is 11.3 Å². The molecule has 0 aliphatic heterocycles. The third-order valence-corrected chi connectivity index (χ3v) is 4.33. The second kappa shape index (κ2) is 6.78. The molecular weight excluding hydrogens is 259 g/mol. The standard InChI is InChI=1S/C15H19FN2S/c1-11-15(19-10-18-11)7-6-13(9-17-2)12-4-3-5-14(16)8-12/h3-5,8,10,13,17H,6-7,9H2,1-2H3. The Hall–Kier alpha value is -1.26. The van der Waals surface area contributed by atoms with E-state index in [-0.39, 0.29) is 5.82 Å². The van der Waals surface area contributed by atoms with Crippen LogP contribution in [-0.4, -0.2) is 18.6 Å². The van der Waals surface area contributed by atoms with Crippen molar-refractivity contribution in [1.29, 1.82) is 0 Å². The number of aromatic nitrogens is 1. The third kappa shape index (κ3) is 3.85. The van der Waals surface area contributed by atoms with Gasteiger partial charge in [0.1, 0.15) is 5.82 Å². The quantitative estimate of drug-likeness (QED) is 0.874. The zero-order chi connectivity index (χ0) is 13.7. The van der Waals surface area contributed by atoms with Crippen LogP contribution < -0.4 is 5.32 Å². The smallest absolute Gasteiger partial charge is 0.123 e. The van der Waals surface area contributed by atoms with Crippen LogP contribution in [0.15, 0.2) is 29.8 Å². The lowest BCUT2D eigenvalue weighted by atomic mass is 9.93. The summed E-state index contributed by atoms with van der Waals surface area (Å²) in [6.45, 7) is 2.91. The van der Waals surface area contributed by atoms with Gasteiger partial charge in [-0.3, -0.25) is 0 Å². The molecule has 0 saturated heterocycles. The van der Waals surface area contributed by atoms with Crippen LogP contribution in [0.4, 0.5) is 4.39 Å². The van der Waals surface area contributed by atoms with E-state index in [4.69, 9.17) is 0 Å². The molecule has 1 unspecified atom stereocenters. The summed E-state index contributed by atoms with van der Waals surface area (Å²) in [6.07, 6.45) is 2.01. The Kier molecular flexibility index (Phi) is 5.05. The number of thiazole rings is 1. The molecule has 0 aliphatic rings. The lowest BCUT2D eigenvalue weighted by Gasteiger charge is -2.17. The van der Waals surface area contributed by atoms with Crippen LogP contribution in [0.3, 0.4) is 0 Å². The van der Waals surface area contributed by atoms with Crippen molar-refractivity contribution >= 4 is 11.3 Å². The van der Waals surface area contributed by atoms with Crippen LogP contribution in [-0.2, 0) is 6.42 Å². The molecule has 0 saturated carbocycles. The van der Waals surface area contributed by atoms with E-state index in [0.717, 1.165) is 30.6 Å². The summed E-state index contributed by atoms with van der Waals surface area (Å²) in [5.41, 5.74) is 4.07. The lowest BCUT2D eigenvalue weighted by Crippen LogP contribution is -2.18. The fourth-order valence-electron chi connectivity index (χ4n) is 2.26. The lowest BCUT2D eigenvalue weighted by molar-refractivity contribution is 0.574. The summed E-state index contributed by atoms with van der Waals surface area (Å²) < 4.78 is 13.3. The van der Waals surface area contributed by atoms with Crippen LogP contribution in [0.1, 0.15) is 28.5 Å². The normalized spacial score (nSPS) is 12.6. The highest BCUT2D eigenvalue weighted by Crippen LogP contribution is 2.24. The molecule has 102 valence electrons. The highest BCUT2D eigenvalue weighted by molar-refractivity contribution is 7.09. The predicted molar refractivity (Wildman–Crippen MR) is 78.2 cm³/mol. The molecule has 2 nitrogen and oxygen atoms in total. The molecule has 1 atom stereocenters. The van der Waals surface area contributed by atoms with Crippen molar-refractivity contribution in [1.82, 2.24) is 10.3 Å². The van der Waals surface area contributed by atoms with Gasteiger partial charge in [0.2, 0.25) is 0 Å². The topological polar surface area (TPSA) is 24.9 Å². The van der Waals surface area contributed by atoms with Crippen molar-refractivity contribution in [3.8, 4) is 0 Å². The molecule has 0 aliphatic carbocycles. The minimum absolute atomic E-state index is 0.160. The second-order valence-electron chi connectivity index (χ2n) is 4.71. The average molecular weight is 278 g/mol. The van der Waals surface area contributed by atoms with E-state index in [1.807, 2.05) is 25.5 Å². The van der Waals surface area contributed by atoms with Gasteiger partial charge in [-0.05, 0) is 50.4 Å². The van der Waals surface area contributed by atoms with E-state index in [2.05, 4.69) is 10.3 Å². The predicted octanol–water partition coefficient (Wildman–Crippen LogP) is 3.53. The molecule has 4 heteroatoms. The Morgan fingerprint density at radius 1 is 1.42 bits per heavy atom. The van der Waals surface area contributed by atoms with E-state index in [0.29, 0.717) is 5.92 Å². The van der Waals surface area contributed by atoms with Gasteiger partial charge in [0, 0.05) is 11.4 Å². The molecule has 1 aromatic carbocycles. The molecular formula is C15H19FN2S. The van der Waals surface area contributed by atoms with Crippen molar-refractivity contribution < 1.29 is 4.39 Å². The Morgan fingerprint density at radius 2 is 2.26 bits per heavy atom. The fourth-order valence-corrected chi connectivity index (χ4v) is 3.06. The highest BCUT2D eigenvalue weighted by atomic mass is 32.1. The van der Waals surface area contributed by atoms with Crippen LogP contribution in [0.25, 0.3) is 0 Å². The van der Waals surface area contributed by atoms with Gasteiger partial charge >= 0.3 is 0 Å². The van der Waals surface area contributed by atoms with Gasteiger partial charge in [0.05, 0.1) is 11.2 Å². The third-order valence-electron chi connectivity index (χ3n) is 3.34. The van der Waals surface area contributed by atoms with E-state index in [1.54, 1.807) is 23.5 Å². The summed E-state index contributed by atoms with van der Waals surface area (Å²) in [4.78, 5) is 5.60. The number of rotatable bonds is 6. The van der Waals surface area contributed by atoms with Crippen molar-refractivity contribution in [3.05, 3.63) is 51.7 Å². The number of halogens is 1. The molecule has 2 rings (SSSR count). The number of hydrogen-bond donors (Lipinski definition) is 1. The maximum Gasteiger partial charge on any atom is 0.123 e. The van der Waals surface area contributed by atoms with Crippen molar-refractivity contribution in [3.63, 3.8) is 0 Å². The molecule has 0 radical (unpaired) electrons. The second-order valence-corrected chi connectivity index (χ2v) is 5.65. The minimum atomic E-state index is -0.160. The summed E-state index contributed by atoms with van der Waals surface area (Å²) >= 11 is 1.70. The molecule has 0 spiro atoms. The Bertz CT molecular complexity index is 524. The summed E-state index contributed by atoms with van der Waals surface area (Å²) in [5, 5.41) is 3.20. The molecule has 2 aromatic rings. The molecule has 0 amide bonds. The van der Waals surface area contributed by atoms with Crippen molar-refractivity contribution in [2.75, 3.05) is 13.6 Å². The molecule has 1 N–H and O–H groups in total. The number of likely N-dealkylation sites (N-methyl/N-ethyl adjacent to an activating group) is 1. The molecule has 0 bridgehead atoms. The molecule has 1 heterocycles. The first-order valence-corrected chi connectivity index (χ1v) is 7.37. The first-order chi connectivity index (χ1) is 9.20. The number of hydrogen-bond acceptors (Lipinski definition) is 3. The van der Waals surface area contributed by atoms with E-state index < -0.39 is 0 Å². The SMILES string of the molecule is CNCC(CCc1scnc1C)c1cccc(F)c1. The first kappa shape index (κ1) is 14.2. The number of benzene rings is 1. The zero-order valence-corrected chi connectivity index (χ0v) is 12.1. The monoisotopic (exact) mass is 278 g/mol. The van der Waals surface area contributed by atoms with Gasteiger partial charge in [-0.25, -0.2) is 9.37 Å². The van der Waals surface area contributed by atoms with Gasteiger partial charge in [-0.2, -0.15) is 0 Å². The van der Waals surface area contributed by atoms with Gasteiger partial charge < -0.3 is 5.32 Å². The highest BCUT2D eigenvalue weighted by Gasteiger charge is 2.13. The Morgan fingerprint density at radius 3 is 2.89 bits per heavy atom.